The van der Waals surface area contributed by atoms with Crippen LogP contribution in [0.1, 0.15) is 6.92 Å². The number of aromatic nitrogens is 3. The number of rotatable bonds is 5. The lowest BCUT2D eigenvalue weighted by molar-refractivity contribution is 0.466. The molecule has 0 aliphatic heterocycles. The second-order valence-electron chi connectivity index (χ2n) is 4.05. The summed E-state index contributed by atoms with van der Waals surface area (Å²) in [6, 6.07) is 4.86. The molecule has 2 rings (SSSR count). The van der Waals surface area contributed by atoms with E-state index in [0.717, 1.165) is 6.54 Å². The van der Waals surface area contributed by atoms with Crippen molar-refractivity contribution in [3.8, 4) is 0 Å². The number of nitrogens with zero attached hydrogens (tertiary/aromatic N) is 3. The van der Waals surface area contributed by atoms with E-state index in [9.17, 15) is 4.39 Å². The summed E-state index contributed by atoms with van der Waals surface area (Å²) >= 11 is 0. The van der Waals surface area contributed by atoms with Crippen LogP contribution in [0.4, 0.5) is 10.2 Å². The van der Waals surface area contributed by atoms with Gasteiger partial charge in [0.05, 0.1) is 0 Å². The van der Waals surface area contributed by atoms with Crippen molar-refractivity contribution < 1.29 is 4.39 Å². The van der Waals surface area contributed by atoms with Crippen molar-refractivity contribution >= 4 is 5.82 Å². The van der Waals surface area contributed by atoms with Gasteiger partial charge in [0, 0.05) is 31.7 Å². The number of halogens is 1. The highest BCUT2D eigenvalue weighted by molar-refractivity contribution is 5.35. The lowest BCUT2D eigenvalue weighted by Crippen LogP contribution is -2.18. The zero-order chi connectivity index (χ0) is 12.1. The third-order valence-electron chi connectivity index (χ3n) is 2.43. The second kappa shape index (κ2) is 5.43. The van der Waals surface area contributed by atoms with Crippen LogP contribution in [0.2, 0.25) is 0 Å². The molecule has 0 radical (unpaired) electrons. The Morgan fingerprint density at radius 1 is 1.41 bits per heavy atom. The molecule has 4 nitrogen and oxygen atoms in total. The van der Waals surface area contributed by atoms with E-state index < -0.39 is 0 Å². The first-order valence-corrected chi connectivity index (χ1v) is 5.57. The van der Waals surface area contributed by atoms with Crippen LogP contribution in [-0.4, -0.2) is 21.3 Å². The van der Waals surface area contributed by atoms with Crippen LogP contribution in [0.3, 0.4) is 0 Å². The highest BCUT2D eigenvalue weighted by Crippen LogP contribution is 2.09. The number of anilines is 1. The van der Waals surface area contributed by atoms with Crippen molar-refractivity contribution in [2.24, 2.45) is 5.92 Å². The standard InChI is InChI=1S/C12H15FN4/c1-10(9-17-7-3-6-16-17)8-15-12-11(13)4-2-5-14-12/h2-7,10H,8-9H2,1H3,(H,14,15)/t10-/m1/s1. The molecule has 17 heavy (non-hydrogen) atoms. The van der Waals surface area contributed by atoms with E-state index in [1.807, 2.05) is 16.9 Å². The van der Waals surface area contributed by atoms with E-state index in [0.29, 0.717) is 18.3 Å². The molecular weight excluding hydrogens is 219 g/mol. The third kappa shape index (κ3) is 3.27. The maximum Gasteiger partial charge on any atom is 0.165 e. The summed E-state index contributed by atoms with van der Waals surface area (Å²) in [5.74, 6) is 0.329. The van der Waals surface area contributed by atoms with E-state index in [2.05, 4.69) is 22.3 Å². The molecular formula is C12H15FN4. The van der Waals surface area contributed by atoms with Gasteiger partial charge >= 0.3 is 0 Å². The molecule has 0 bridgehead atoms. The normalized spacial score (nSPS) is 12.4. The minimum Gasteiger partial charge on any atom is -0.367 e. The zero-order valence-electron chi connectivity index (χ0n) is 9.68. The molecule has 1 N–H and O–H groups in total. The van der Waals surface area contributed by atoms with Gasteiger partial charge in [-0.2, -0.15) is 5.10 Å². The summed E-state index contributed by atoms with van der Waals surface area (Å²) in [5, 5.41) is 7.13. The molecule has 0 unspecified atom stereocenters. The highest BCUT2D eigenvalue weighted by atomic mass is 19.1. The van der Waals surface area contributed by atoms with E-state index in [1.54, 1.807) is 18.5 Å². The van der Waals surface area contributed by atoms with Gasteiger partial charge in [-0.3, -0.25) is 4.68 Å². The average Bonchev–Trinajstić information content (AvgIpc) is 2.81. The van der Waals surface area contributed by atoms with E-state index in [1.165, 1.54) is 6.07 Å². The maximum absolute atomic E-state index is 13.3. The Hall–Kier alpha value is -1.91. The lowest BCUT2D eigenvalue weighted by Gasteiger charge is -2.13. The Labute approximate surface area is 99.5 Å². The van der Waals surface area contributed by atoms with Crippen LogP contribution in [-0.2, 0) is 6.54 Å². The Morgan fingerprint density at radius 2 is 2.29 bits per heavy atom. The van der Waals surface area contributed by atoms with Gasteiger partial charge in [0.1, 0.15) is 0 Å². The van der Waals surface area contributed by atoms with E-state index in [-0.39, 0.29) is 5.82 Å². The second-order valence-corrected chi connectivity index (χ2v) is 4.05. The predicted octanol–water partition coefficient (Wildman–Crippen LogP) is 2.17. The Balaban J connectivity index is 1.84. The van der Waals surface area contributed by atoms with Gasteiger partial charge in [-0.1, -0.05) is 6.92 Å². The van der Waals surface area contributed by atoms with Crippen molar-refractivity contribution in [3.63, 3.8) is 0 Å². The molecule has 0 spiro atoms. The minimum atomic E-state index is -0.321. The van der Waals surface area contributed by atoms with E-state index in [4.69, 9.17) is 0 Å². The zero-order valence-corrected chi connectivity index (χ0v) is 9.68. The maximum atomic E-state index is 13.3. The first-order chi connectivity index (χ1) is 8.25. The summed E-state index contributed by atoms with van der Waals surface area (Å²) < 4.78 is 15.1. The molecule has 0 amide bonds. The van der Waals surface area contributed by atoms with Crippen molar-refractivity contribution in [1.29, 1.82) is 0 Å². The fourth-order valence-corrected chi connectivity index (χ4v) is 1.58. The highest BCUT2D eigenvalue weighted by Gasteiger charge is 2.06. The van der Waals surface area contributed by atoms with Gasteiger partial charge in [0.25, 0.3) is 0 Å². The molecule has 0 aromatic carbocycles. The third-order valence-corrected chi connectivity index (χ3v) is 2.43. The topological polar surface area (TPSA) is 42.7 Å². The number of nitrogens with one attached hydrogen (secondary N) is 1. The quantitative estimate of drug-likeness (QED) is 0.862. The first-order valence-electron chi connectivity index (χ1n) is 5.57. The smallest absolute Gasteiger partial charge is 0.165 e. The molecule has 0 saturated heterocycles. The van der Waals surface area contributed by atoms with Crippen molar-refractivity contribution in [2.45, 2.75) is 13.5 Å². The summed E-state index contributed by atoms with van der Waals surface area (Å²) in [5.41, 5.74) is 0. The van der Waals surface area contributed by atoms with Crippen LogP contribution >= 0.6 is 0 Å². The summed E-state index contributed by atoms with van der Waals surface area (Å²) in [6.07, 6.45) is 5.24. The van der Waals surface area contributed by atoms with Crippen LogP contribution in [0.25, 0.3) is 0 Å². The Morgan fingerprint density at radius 3 is 3.00 bits per heavy atom. The van der Waals surface area contributed by atoms with Crippen molar-refractivity contribution in [2.75, 3.05) is 11.9 Å². The number of hydrogen-bond donors (Lipinski definition) is 1. The average molecular weight is 234 g/mol. The fraction of sp³-hybridized carbons (Fsp3) is 0.333. The van der Waals surface area contributed by atoms with Crippen LogP contribution in [0.5, 0.6) is 0 Å². The molecule has 90 valence electrons. The van der Waals surface area contributed by atoms with Crippen molar-refractivity contribution in [3.05, 3.63) is 42.6 Å². The number of hydrogen-bond acceptors (Lipinski definition) is 3. The largest absolute Gasteiger partial charge is 0.367 e. The Kier molecular flexibility index (Phi) is 3.69. The SMILES string of the molecule is C[C@H](CNc1ncccc1F)Cn1cccn1. The van der Waals surface area contributed by atoms with Gasteiger partial charge in [0.2, 0.25) is 0 Å². The molecule has 1 atom stereocenters. The van der Waals surface area contributed by atoms with Crippen LogP contribution in [0.15, 0.2) is 36.8 Å². The van der Waals surface area contributed by atoms with Crippen LogP contribution < -0.4 is 5.32 Å². The van der Waals surface area contributed by atoms with Gasteiger partial charge < -0.3 is 5.32 Å². The molecule has 0 aliphatic rings. The summed E-state index contributed by atoms with van der Waals surface area (Å²) in [7, 11) is 0. The summed E-state index contributed by atoms with van der Waals surface area (Å²) in [4.78, 5) is 3.94. The van der Waals surface area contributed by atoms with E-state index >= 15 is 0 Å². The van der Waals surface area contributed by atoms with Gasteiger partial charge in [0.15, 0.2) is 11.6 Å². The molecule has 0 saturated carbocycles. The Bertz CT molecular complexity index is 455. The monoisotopic (exact) mass is 234 g/mol. The van der Waals surface area contributed by atoms with Crippen molar-refractivity contribution in [1.82, 2.24) is 14.8 Å². The first kappa shape index (κ1) is 11.6. The molecule has 0 fully saturated rings. The molecule has 2 aromatic rings. The van der Waals surface area contributed by atoms with Gasteiger partial charge in [-0.15, -0.1) is 0 Å². The predicted molar refractivity (Wildman–Crippen MR) is 64.1 cm³/mol. The molecule has 0 aliphatic carbocycles. The van der Waals surface area contributed by atoms with Gasteiger partial charge in [-0.05, 0) is 24.1 Å². The molecule has 2 heterocycles. The molecule has 2 aromatic heterocycles. The van der Waals surface area contributed by atoms with Gasteiger partial charge in [-0.25, -0.2) is 9.37 Å². The fourth-order valence-electron chi connectivity index (χ4n) is 1.58. The van der Waals surface area contributed by atoms with Crippen LogP contribution in [0, 0.1) is 11.7 Å². The minimum absolute atomic E-state index is 0.305. The lowest BCUT2D eigenvalue weighted by atomic mass is 10.2. The molecule has 5 heteroatoms. The summed E-state index contributed by atoms with van der Waals surface area (Å²) in [6.45, 7) is 3.54. The number of pyridine rings is 1.